The van der Waals surface area contributed by atoms with E-state index in [1.165, 1.54) is 11.0 Å². The number of hydrogen-bond acceptors (Lipinski definition) is 5. The van der Waals surface area contributed by atoms with Gasteiger partial charge in [0.25, 0.3) is 0 Å². The Hall–Kier alpha value is -3.56. The number of carbonyl (C=O) groups is 2. The van der Waals surface area contributed by atoms with E-state index in [0.29, 0.717) is 12.8 Å². The van der Waals surface area contributed by atoms with Crippen molar-refractivity contribution >= 4 is 17.8 Å². The van der Waals surface area contributed by atoms with Crippen molar-refractivity contribution in [1.29, 1.82) is 5.41 Å². The molecule has 5 rings (SSSR count). The molecule has 10 heteroatoms. The molecule has 0 bridgehead atoms. The summed E-state index contributed by atoms with van der Waals surface area (Å²) in [4.78, 5) is 32.2. The van der Waals surface area contributed by atoms with Crippen LogP contribution in [0.25, 0.3) is 0 Å². The maximum absolute atomic E-state index is 14.5. The van der Waals surface area contributed by atoms with Gasteiger partial charge in [-0.3, -0.25) is 24.9 Å². The smallest absolute Gasteiger partial charge is 0.232 e. The molecule has 2 fully saturated rings. The van der Waals surface area contributed by atoms with Crippen LogP contribution in [0.4, 0.5) is 8.78 Å². The molecule has 0 radical (unpaired) electrons. The second kappa shape index (κ2) is 8.78. The molecule has 1 saturated carbocycles. The Labute approximate surface area is 214 Å². The van der Waals surface area contributed by atoms with Crippen LogP contribution in [0.2, 0.25) is 0 Å². The highest BCUT2D eigenvalue weighted by Crippen LogP contribution is 2.51. The summed E-state index contributed by atoms with van der Waals surface area (Å²) in [6.45, 7) is 7.31. The number of aromatic nitrogens is 1. The van der Waals surface area contributed by atoms with Crippen molar-refractivity contribution in [3.63, 3.8) is 0 Å². The van der Waals surface area contributed by atoms with Crippen LogP contribution in [0, 0.1) is 28.9 Å². The van der Waals surface area contributed by atoms with Crippen LogP contribution in [0.3, 0.4) is 0 Å². The van der Waals surface area contributed by atoms with Gasteiger partial charge in [0.05, 0.1) is 12.1 Å². The summed E-state index contributed by atoms with van der Waals surface area (Å²) in [6.07, 6.45) is 4.34. The van der Waals surface area contributed by atoms with Crippen molar-refractivity contribution in [3.8, 4) is 5.75 Å². The Morgan fingerprint density at radius 3 is 2.73 bits per heavy atom. The van der Waals surface area contributed by atoms with Crippen molar-refractivity contribution < 1.29 is 23.1 Å². The Morgan fingerprint density at radius 1 is 1.30 bits per heavy atom. The third kappa shape index (κ3) is 4.89. The number of halogens is 2. The summed E-state index contributed by atoms with van der Waals surface area (Å²) >= 11 is 0. The number of rotatable bonds is 5. The van der Waals surface area contributed by atoms with Gasteiger partial charge in [-0.1, -0.05) is 6.07 Å². The molecule has 0 spiro atoms. The Balaban J connectivity index is 1.39. The van der Waals surface area contributed by atoms with Gasteiger partial charge in [-0.15, -0.1) is 0 Å². The normalized spacial score (nSPS) is 26.4. The number of nitrogens with one attached hydrogen (secondary N) is 3. The number of ether oxygens (including phenoxy) is 1. The van der Waals surface area contributed by atoms with Crippen LogP contribution in [0.1, 0.15) is 70.2 Å². The van der Waals surface area contributed by atoms with E-state index in [2.05, 4.69) is 15.6 Å². The van der Waals surface area contributed by atoms with Gasteiger partial charge in [0.15, 0.2) is 17.5 Å². The Morgan fingerprint density at radius 2 is 2.05 bits per heavy atom. The number of nitrogens with zero attached hydrogens (tertiary/aromatic N) is 2. The van der Waals surface area contributed by atoms with Gasteiger partial charge < -0.3 is 15.4 Å². The van der Waals surface area contributed by atoms with E-state index in [1.807, 2.05) is 19.9 Å². The largest absolute Gasteiger partial charge is 0.484 e. The van der Waals surface area contributed by atoms with Crippen molar-refractivity contribution in [1.82, 2.24) is 20.5 Å². The second-order valence-electron chi connectivity index (χ2n) is 11.5. The van der Waals surface area contributed by atoms with Gasteiger partial charge in [0, 0.05) is 48.3 Å². The first-order valence-corrected chi connectivity index (χ1v) is 12.4. The molecule has 1 aromatic carbocycles. The number of benzene rings is 1. The third-order valence-electron chi connectivity index (χ3n) is 7.25. The lowest BCUT2D eigenvalue weighted by Gasteiger charge is -2.42. The fourth-order valence-corrected chi connectivity index (χ4v) is 5.58. The number of carbonyl (C=O) groups excluding carboxylic acids is 2. The summed E-state index contributed by atoms with van der Waals surface area (Å²) in [5.74, 6) is -2.74. The highest BCUT2D eigenvalue weighted by molar-refractivity contribution is 5.99. The molecule has 2 aromatic rings. The first kappa shape index (κ1) is 25.1. The van der Waals surface area contributed by atoms with Crippen LogP contribution < -0.4 is 15.4 Å². The lowest BCUT2D eigenvalue weighted by molar-refractivity contribution is -0.133. The van der Waals surface area contributed by atoms with E-state index < -0.39 is 40.8 Å². The fourth-order valence-electron chi connectivity index (χ4n) is 5.58. The van der Waals surface area contributed by atoms with Crippen LogP contribution in [-0.4, -0.2) is 38.8 Å². The van der Waals surface area contributed by atoms with Crippen molar-refractivity contribution in [2.45, 2.75) is 70.2 Å². The lowest BCUT2D eigenvalue weighted by Crippen LogP contribution is -2.60. The van der Waals surface area contributed by atoms with Crippen LogP contribution >= 0.6 is 0 Å². The van der Waals surface area contributed by atoms with E-state index in [4.69, 9.17) is 10.1 Å². The van der Waals surface area contributed by atoms with Gasteiger partial charge in [-0.2, -0.15) is 0 Å². The van der Waals surface area contributed by atoms with E-state index in [9.17, 15) is 18.4 Å². The molecule has 3 aliphatic rings. The number of guanidine groups is 1. The molecule has 37 heavy (non-hydrogen) atoms. The topological polar surface area (TPSA) is 107 Å². The van der Waals surface area contributed by atoms with E-state index in [-0.39, 0.29) is 41.4 Å². The van der Waals surface area contributed by atoms with Crippen molar-refractivity contribution in [3.05, 3.63) is 59.4 Å². The standard InChI is InChI=1S/C27H31F2N5O3/c1-26(2)12-21(35)34(25(30)33-26)22(14-6-5-7-31-13-14)16-10-17(16)24(36)32-20-11-27(3,4)37-23-18(20)8-15(28)9-19(23)29/h5-9,13,16-17,20,22H,10-12H2,1-4H3,(H2,30,33)(H,32,36)/t16-,17-,20?,22-/m1/s1. The Kier molecular flexibility index (Phi) is 5.96. The molecule has 8 nitrogen and oxygen atoms in total. The molecule has 1 saturated heterocycles. The maximum Gasteiger partial charge on any atom is 0.232 e. The predicted molar refractivity (Wildman–Crippen MR) is 132 cm³/mol. The van der Waals surface area contributed by atoms with E-state index in [0.717, 1.165) is 11.6 Å². The van der Waals surface area contributed by atoms with Gasteiger partial charge in [0.1, 0.15) is 11.4 Å². The second-order valence-corrected chi connectivity index (χ2v) is 11.5. The minimum Gasteiger partial charge on any atom is -0.484 e. The summed E-state index contributed by atoms with van der Waals surface area (Å²) < 4.78 is 34.3. The highest BCUT2D eigenvalue weighted by Gasteiger charge is 2.54. The van der Waals surface area contributed by atoms with Gasteiger partial charge >= 0.3 is 0 Å². The number of hydrogen-bond donors (Lipinski definition) is 3. The number of fused-ring (bicyclic) bond motifs is 1. The van der Waals surface area contributed by atoms with Gasteiger partial charge in [-0.05, 0) is 57.7 Å². The summed E-state index contributed by atoms with van der Waals surface area (Å²) in [6, 6.07) is 4.40. The molecule has 196 valence electrons. The first-order chi connectivity index (χ1) is 17.3. The van der Waals surface area contributed by atoms with Crippen LogP contribution in [0.15, 0.2) is 36.7 Å². The average molecular weight is 512 g/mol. The third-order valence-corrected chi connectivity index (χ3v) is 7.25. The zero-order valence-electron chi connectivity index (χ0n) is 21.3. The lowest BCUT2D eigenvalue weighted by atomic mass is 9.89. The molecule has 1 aliphatic carbocycles. The highest BCUT2D eigenvalue weighted by atomic mass is 19.1. The maximum atomic E-state index is 14.5. The van der Waals surface area contributed by atoms with Gasteiger partial charge in [-0.25, -0.2) is 8.78 Å². The summed E-state index contributed by atoms with van der Waals surface area (Å²) in [7, 11) is 0. The molecule has 1 unspecified atom stereocenters. The molecule has 2 amide bonds. The van der Waals surface area contributed by atoms with Crippen LogP contribution in [-0.2, 0) is 9.59 Å². The predicted octanol–water partition coefficient (Wildman–Crippen LogP) is 3.99. The van der Waals surface area contributed by atoms with Crippen LogP contribution in [0.5, 0.6) is 5.75 Å². The zero-order valence-corrected chi connectivity index (χ0v) is 21.3. The zero-order chi connectivity index (χ0) is 26.7. The number of amides is 2. The minimum atomic E-state index is -0.805. The van der Waals surface area contributed by atoms with E-state index >= 15 is 0 Å². The molecular formula is C27H31F2N5O3. The molecule has 2 aliphatic heterocycles. The van der Waals surface area contributed by atoms with Gasteiger partial charge in [0.2, 0.25) is 11.8 Å². The quantitative estimate of drug-likeness (QED) is 0.563. The van der Waals surface area contributed by atoms with Crippen molar-refractivity contribution in [2.24, 2.45) is 11.8 Å². The summed E-state index contributed by atoms with van der Waals surface area (Å²) in [5.41, 5.74) is -0.300. The molecule has 3 N–H and O–H groups in total. The monoisotopic (exact) mass is 511 g/mol. The molecule has 1 aromatic heterocycles. The average Bonchev–Trinajstić information content (AvgIpc) is 3.57. The molecule has 3 heterocycles. The number of pyridine rings is 1. The SMILES string of the molecule is CC1(C)CC(=O)N([C@H](c2cccnc2)[C@@H]2C[C@H]2C(=O)NC2CC(C)(C)Oc3c(F)cc(F)cc32)C(=N)N1. The van der Waals surface area contributed by atoms with E-state index in [1.54, 1.807) is 32.3 Å². The first-order valence-electron chi connectivity index (χ1n) is 12.4. The minimum absolute atomic E-state index is 0.00721. The van der Waals surface area contributed by atoms with Crippen molar-refractivity contribution in [2.75, 3.05) is 0 Å². The molecule has 4 atom stereocenters. The summed E-state index contributed by atoms with van der Waals surface area (Å²) in [5, 5.41) is 14.6. The molecular weight excluding hydrogens is 480 g/mol. The fraction of sp³-hybridized carbons (Fsp3) is 0.481. The Bertz CT molecular complexity index is 1250.